The monoisotopic (exact) mass is 369 g/mol. The maximum Gasteiger partial charge on any atom is 0.495 e. The zero-order chi connectivity index (χ0) is 19.8. The molecule has 0 unspecified atom stereocenters. The summed E-state index contributed by atoms with van der Waals surface area (Å²) in [6, 6.07) is 10.7. The molecule has 1 heterocycles. The van der Waals surface area contributed by atoms with E-state index in [2.05, 4.69) is 0 Å². The average Bonchev–Trinajstić information content (AvgIpc) is 2.83. The molecule has 27 heavy (non-hydrogen) atoms. The normalized spacial score (nSPS) is 17.6. The fourth-order valence-electron chi connectivity index (χ4n) is 2.67. The molecule has 0 bridgehead atoms. The van der Waals surface area contributed by atoms with Gasteiger partial charge in [0.05, 0.1) is 16.1 Å². The van der Waals surface area contributed by atoms with Crippen molar-refractivity contribution in [1.29, 1.82) is 0 Å². The molecule has 140 valence electrons. The Labute approximate surface area is 157 Å². The van der Waals surface area contributed by atoms with Gasteiger partial charge in [0.1, 0.15) is 17.8 Å². The molecule has 3 rings (SSSR count). The molecule has 2 aromatic carbocycles. The maximum absolute atomic E-state index is 11.5. The average molecular weight is 369 g/mol. The predicted octanol–water partition coefficient (Wildman–Crippen LogP) is 3.50. The molecule has 2 aromatic rings. The largest absolute Gasteiger partial charge is 0.495 e. The van der Waals surface area contributed by atoms with Crippen molar-refractivity contribution in [2.24, 2.45) is 0 Å². The summed E-state index contributed by atoms with van der Waals surface area (Å²) in [7, 11) is -0.699. The van der Waals surface area contributed by atoms with Gasteiger partial charge in [-0.2, -0.15) is 0 Å². The third-order valence-corrected chi connectivity index (χ3v) is 4.98. The topological polar surface area (TPSA) is 87.9 Å². The first-order chi connectivity index (χ1) is 12.6. The summed E-state index contributed by atoms with van der Waals surface area (Å²) in [6.07, 6.45) is 0.746. The van der Waals surface area contributed by atoms with Crippen LogP contribution < -0.4 is 10.2 Å². The Balaban J connectivity index is 1.88. The van der Waals surface area contributed by atoms with Crippen molar-refractivity contribution in [2.45, 2.75) is 38.9 Å². The Morgan fingerprint density at radius 3 is 2.07 bits per heavy atom. The van der Waals surface area contributed by atoms with Gasteiger partial charge in [-0.25, -0.2) is 0 Å². The van der Waals surface area contributed by atoms with Crippen molar-refractivity contribution in [2.75, 3.05) is 0 Å². The van der Waals surface area contributed by atoms with Gasteiger partial charge in [-0.05, 0) is 63.5 Å². The molecule has 7 nitrogen and oxygen atoms in total. The lowest BCUT2D eigenvalue weighted by atomic mass is 9.76. The number of carbonyl (C=O) groups is 1. The minimum atomic E-state index is -0.699. The van der Waals surface area contributed by atoms with Crippen LogP contribution in [-0.2, 0) is 9.31 Å². The fourth-order valence-corrected chi connectivity index (χ4v) is 2.67. The summed E-state index contributed by atoms with van der Waals surface area (Å²) in [5.74, 6) is 0.915. The number of non-ortho nitro benzene ring substituents is 1. The Hall–Kier alpha value is -2.71. The number of nitro groups is 1. The molecule has 1 aliphatic rings. The van der Waals surface area contributed by atoms with E-state index in [1.807, 2.05) is 27.7 Å². The van der Waals surface area contributed by atoms with Crippen molar-refractivity contribution in [3.8, 4) is 11.5 Å². The third-order valence-electron chi connectivity index (χ3n) is 4.98. The zero-order valence-electron chi connectivity index (χ0n) is 15.6. The van der Waals surface area contributed by atoms with Gasteiger partial charge >= 0.3 is 7.12 Å². The van der Waals surface area contributed by atoms with Gasteiger partial charge in [0.2, 0.25) is 0 Å². The summed E-state index contributed by atoms with van der Waals surface area (Å²) in [4.78, 5) is 21.7. The van der Waals surface area contributed by atoms with Gasteiger partial charge in [0, 0.05) is 17.7 Å². The minimum absolute atomic E-state index is 0.0171. The maximum atomic E-state index is 11.5. The van der Waals surface area contributed by atoms with Crippen molar-refractivity contribution < 1.29 is 23.8 Å². The second-order valence-corrected chi connectivity index (χ2v) is 7.35. The molecule has 0 atom stereocenters. The number of hydrogen-bond acceptors (Lipinski definition) is 6. The van der Waals surface area contributed by atoms with E-state index in [1.54, 1.807) is 18.2 Å². The van der Waals surface area contributed by atoms with Crippen LogP contribution in [0, 0.1) is 10.1 Å². The molecule has 8 heteroatoms. The molecule has 0 aliphatic carbocycles. The minimum Gasteiger partial charge on any atom is -0.457 e. The summed E-state index contributed by atoms with van der Waals surface area (Å²) >= 11 is 0. The predicted molar refractivity (Wildman–Crippen MR) is 101 cm³/mol. The first kappa shape index (κ1) is 19.1. The second-order valence-electron chi connectivity index (χ2n) is 7.35. The van der Waals surface area contributed by atoms with Crippen LogP contribution in [0.15, 0.2) is 42.5 Å². The molecule has 0 radical (unpaired) electrons. The van der Waals surface area contributed by atoms with E-state index < -0.39 is 23.2 Å². The van der Waals surface area contributed by atoms with Crippen molar-refractivity contribution >= 4 is 24.6 Å². The number of nitrogens with zero attached hydrogens (tertiary/aromatic N) is 1. The van der Waals surface area contributed by atoms with Crippen LogP contribution >= 0.6 is 0 Å². The molecule has 0 N–H and O–H groups in total. The van der Waals surface area contributed by atoms with Gasteiger partial charge in [0.15, 0.2) is 0 Å². The summed E-state index contributed by atoms with van der Waals surface area (Å²) in [5, 5.41) is 10.7. The Bertz CT molecular complexity index is 862. The lowest BCUT2D eigenvalue weighted by Crippen LogP contribution is -2.41. The zero-order valence-corrected chi connectivity index (χ0v) is 15.6. The Morgan fingerprint density at radius 2 is 1.56 bits per heavy atom. The standard InChI is InChI=1S/C19H20BNO6/c1-18(2)19(3,4)27-20(26-18)17-11-16(8-5-13(17)12-22)25-15-9-6-14(7-10-15)21(23)24/h5-12H,1-4H3. The van der Waals surface area contributed by atoms with Gasteiger partial charge in [0.25, 0.3) is 5.69 Å². The van der Waals surface area contributed by atoms with Gasteiger partial charge in [-0.15, -0.1) is 0 Å². The van der Waals surface area contributed by atoms with E-state index in [1.165, 1.54) is 24.3 Å². The third kappa shape index (κ3) is 3.72. The molecule has 0 saturated carbocycles. The van der Waals surface area contributed by atoms with E-state index in [-0.39, 0.29) is 5.69 Å². The summed E-state index contributed by atoms with van der Waals surface area (Å²) in [5.41, 5.74) is -0.0655. The van der Waals surface area contributed by atoms with Gasteiger partial charge in [-0.1, -0.05) is 0 Å². The number of rotatable bonds is 5. The quantitative estimate of drug-likeness (QED) is 0.347. The summed E-state index contributed by atoms with van der Waals surface area (Å²) in [6.45, 7) is 7.74. The number of carbonyl (C=O) groups excluding carboxylic acids is 1. The van der Waals surface area contributed by atoms with Crippen molar-refractivity contribution in [1.82, 2.24) is 0 Å². The number of benzene rings is 2. The highest BCUT2D eigenvalue weighted by atomic mass is 16.7. The highest BCUT2D eigenvalue weighted by molar-refractivity contribution is 6.63. The van der Waals surface area contributed by atoms with Crippen molar-refractivity contribution in [3.63, 3.8) is 0 Å². The van der Waals surface area contributed by atoms with Gasteiger partial charge in [-0.3, -0.25) is 14.9 Å². The van der Waals surface area contributed by atoms with Crippen LogP contribution in [0.4, 0.5) is 5.69 Å². The van der Waals surface area contributed by atoms with E-state index in [4.69, 9.17) is 14.0 Å². The molecule has 1 fully saturated rings. The van der Waals surface area contributed by atoms with Crippen LogP contribution in [0.25, 0.3) is 0 Å². The van der Waals surface area contributed by atoms with Crippen molar-refractivity contribution in [3.05, 3.63) is 58.1 Å². The first-order valence-corrected chi connectivity index (χ1v) is 8.50. The molecule has 1 aliphatic heterocycles. The van der Waals surface area contributed by atoms with Crippen LogP contribution in [0.3, 0.4) is 0 Å². The molecular formula is C19H20BNO6. The molecule has 0 aromatic heterocycles. The molecule has 0 spiro atoms. The summed E-state index contributed by atoms with van der Waals surface area (Å²) < 4.78 is 17.8. The first-order valence-electron chi connectivity index (χ1n) is 8.50. The number of nitro benzene ring substituents is 1. The van der Waals surface area contributed by atoms with E-state index >= 15 is 0 Å². The lowest BCUT2D eigenvalue weighted by molar-refractivity contribution is -0.384. The van der Waals surface area contributed by atoms with E-state index in [0.29, 0.717) is 22.5 Å². The molecular weight excluding hydrogens is 349 g/mol. The highest BCUT2D eigenvalue weighted by Crippen LogP contribution is 2.37. The Kier molecular flexibility index (Phi) is 4.80. The smallest absolute Gasteiger partial charge is 0.457 e. The lowest BCUT2D eigenvalue weighted by Gasteiger charge is -2.32. The SMILES string of the molecule is CC1(C)OB(c2cc(Oc3ccc([N+](=O)[O-])cc3)ccc2C=O)OC1(C)C. The van der Waals surface area contributed by atoms with Crippen LogP contribution in [0.1, 0.15) is 38.1 Å². The van der Waals surface area contributed by atoms with Crippen LogP contribution in [0.2, 0.25) is 0 Å². The van der Waals surface area contributed by atoms with Gasteiger partial charge < -0.3 is 14.0 Å². The molecule has 0 amide bonds. The Morgan fingerprint density at radius 1 is 1.00 bits per heavy atom. The fraction of sp³-hybridized carbons (Fsp3) is 0.316. The van der Waals surface area contributed by atoms with Crippen LogP contribution in [0.5, 0.6) is 11.5 Å². The number of hydrogen-bond donors (Lipinski definition) is 0. The highest BCUT2D eigenvalue weighted by Gasteiger charge is 2.52. The van der Waals surface area contributed by atoms with Crippen LogP contribution in [-0.4, -0.2) is 29.5 Å². The van der Waals surface area contributed by atoms with E-state index in [9.17, 15) is 14.9 Å². The second kappa shape index (κ2) is 6.79. The molecule has 1 saturated heterocycles. The van der Waals surface area contributed by atoms with E-state index in [0.717, 1.165) is 6.29 Å². The number of ether oxygens (including phenoxy) is 1. The number of aldehydes is 1.